The van der Waals surface area contributed by atoms with Crippen LogP contribution in [0.5, 0.6) is 0 Å². The zero-order valence-electron chi connectivity index (χ0n) is 15.7. The number of benzene rings is 2. The van der Waals surface area contributed by atoms with Gasteiger partial charge in [-0.25, -0.2) is 17.5 Å². The Labute approximate surface area is 171 Å². The number of carbonyl (C=O) groups excluding carboxylic acids is 1. The van der Waals surface area contributed by atoms with E-state index in [-0.39, 0.29) is 48.3 Å². The smallest absolute Gasteiger partial charge is 0.240 e. The lowest BCUT2D eigenvalue weighted by molar-refractivity contribution is -0.125. The Bertz CT molecular complexity index is 907. The van der Waals surface area contributed by atoms with Crippen LogP contribution in [-0.2, 0) is 27.9 Å². The van der Waals surface area contributed by atoms with E-state index in [0.29, 0.717) is 11.1 Å². The van der Waals surface area contributed by atoms with E-state index in [9.17, 15) is 17.6 Å². The van der Waals surface area contributed by atoms with Crippen molar-refractivity contribution in [1.29, 1.82) is 0 Å². The molecule has 0 saturated carbocycles. The summed E-state index contributed by atoms with van der Waals surface area (Å²) >= 11 is 0. The molecule has 28 heavy (non-hydrogen) atoms. The number of nitrogens with one attached hydrogen (secondary N) is 2. The van der Waals surface area contributed by atoms with Crippen LogP contribution in [0.2, 0.25) is 0 Å². The van der Waals surface area contributed by atoms with Crippen LogP contribution >= 0.6 is 12.4 Å². The van der Waals surface area contributed by atoms with E-state index in [2.05, 4.69) is 10.0 Å². The Morgan fingerprint density at radius 3 is 2.29 bits per heavy atom. The van der Waals surface area contributed by atoms with Gasteiger partial charge in [0.2, 0.25) is 15.9 Å². The zero-order valence-corrected chi connectivity index (χ0v) is 17.3. The molecular formula is C19H25ClFN3O3S. The van der Waals surface area contributed by atoms with Crippen LogP contribution in [0.1, 0.15) is 25.0 Å². The first-order valence-corrected chi connectivity index (χ1v) is 10.0. The van der Waals surface area contributed by atoms with Crippen LogP contribution in [0, 0.1) is 11.7 Å². The average Bonchev–Trinajstić information content (AvgIpc) is 2.64. The summed E-state index contributed by atoms with van der Waals surface area (Å²) in [4.78, 5) is 12.0. The Balaban J connectivity index is 0.00000392. The molecule has 2 atom stereocenters. The number of carbonyl (C=O) groups is 1. The van der Waals surface area contributed by atoms with Crippen LogP contribution in [0.25, 0.3) is 0 Å². The van der Waals surface area contributed by atoms with Gasteiger partial charge in [-0.2, -0.15) is 0 Å². The molecule has 6 nitrogen and oxygen atoms in total. The summed E-state index contributed by atoms with van der Waals surface area (Å²) < 4.78 is 40.6. The largest absolute Gasteiger partial charge is 0.352 e. The van der Waals surface area contributed by atoms with E-state index in [0.717, 1.165) is 0 Å². The third-order valence-corrected chi connectivity index (χ3v) is 5.63. The molecule has 0 aliphatic rings. The summed E-state index contributed by atoms with van der Waals surface area (Å²) in [5.41, 5.74) is 6.87. The highest BCUT2D eigenvalue weighted by molar-refractivity contribution is 7.89. The second kappa shape index (κ2) is 10.5. The van der Waals surface area contributed by atoms with Crippen molar-refractivity contribution in [3.8, 4) is 0 Å². The van der Waals surface area contributed by atoms with E-state index < -0.39 is 15.8 Å². The van der Waals surface area contributed by atoms with Gasteiger partial charge in [-0.1, -0.05) is 31.2 Å². The van der Waals surface area contributed by atoms with Gasteiger partial charge < -0.3 is 11.1 Å². The fourth-order valence-corrected chi connectivity index (χ4v) is 3.41. The maximum Gasteiger partial charge on any atom is 0.240 e. The maximum atomic E-state index is 13.2. The lowest BCUT2D eigenvalue weighted by Crippen LogP contribution is -2.38. The standard InChI is InChI=1S/C19H24FN3O3S.ClH/c1-13(14(2)21)19(24)22-11-16-6-4-8-18(10-16)27(25,26)23-12-15-5-3-7-17(20)9-15;/h3-10,13-14,23H,11-12,21H2,1-2H3,(H,22,24);1H. The Kier molecular flexibility index (Phi) is 9.03. The second-order valence-electron chi connectivity index (χ2n) is 6.47. The monoisotopic (exact) mass is 429 g/mol. The van der Waals surface area contributed by atoms with Crippen molar-refractivity contribution in [2.45, 2.75) is 37.9 Å². The lowest BCUT2D eigenvalue weighted by atomic mass is 10.0. The van der Waals surface area contributed by atoms with Gasteiger partial charge in [0.05, 0.1) is 4.90 Å². The van der Waals surface area contributed by atoms with E-state index in [4.69, 9.17) is 5.73 Å². The summed E-state index contributed by atoms with van der Waals surface area (Å²) in [7, 11) is -3.77. The Hall–Kier alpha value is -2.00. The highest BCUT2D eigenvalue weighted by Gasteiger charge is 2.17. The number of rotatable bonds is 8. The number of halogens is 2. The van der Waals surface area contributed by atoms with Crippen molar-refractivity contribution < 1.29 is 17.6 Å². The van der Waals surface area contributed by atoms with Gasteiger partial charge in [-0.15, -0.1) is 12.4 Å². The fraction of sp³-hybridized carbons (Fsp3) is 0.316. The van der Waals surface area contributed by atoms with Gasteiger partial charge in [0, 0.05) is 25.0 Å². The Morgan fingerprint density at radius 1 is 1.07 bits per heavy atom. The van der Waals surface area contributed by atoms with Crippen molar-refractivity contribution in [2.24, 2.45) is 11.7 Å². The van der Waals surface area contributed by atoms with Crippen molar-refractivity contribution in [3.05, 3.63) is 65.5 Å². The topological polar surface area (TPSA) is 101 Å². The molecule has 2 unspecified atom stereocenters. The summed E-state index contributed by atoms with van der Waals surface area (Å²) in [5, 5.41) is 2.75. The summed E-state index contributed by atoms with van der Waals surface area (Å²) in [6.45, 7) is 3.66. The zero-order chi connectivity index (χ0) is 20.0. The summed E-state index contributed by atoms with van der Waals surface area (Å²) in [6.07, 6.45) is 0. The van der Waals surface area contributed by atoms with Crippen molar-refractivity contribution >= 4 is 28.3 Å². The van der Waals surface area contributed by atoms with Crippen molar-refractivity contribution in [2.75, 3.05) is 0 Å². The fourth-order valence-electron chi connectivity index (χ4n) is 2.32. The molecule has 0 aliphatic carbocycles. The van der Waals surface area contributed by atoms with Crippen molar-refractivity contribution in [1.82, 2.24) is 10.0 Å². The number of amides is 1. The van der Waals surface area contributed by atoms with Gasteiger partial charge in [0.25, 0.3) is 0 Å². The summed E-state index contributed by atoms with van der Waals surface area (Å²) in [6, 6.07) is 11.7. The molecule has 0 spiro atoms. The molecule has 2 aromatic carbocycles. The molecule has 0 saturated heterocycles. The van der Waals surface area contributed by atoms with Crippen LogP contribution in [0.15, 0.2) is 53.4 Å². The number of hydrogen-bond acceptors (Lipinski definition) is 4. The third-order valence-electron chi connectivity index (χ3n) is 4.23. The minimum atomic E-state index is -3.77. The third kappa shape index (κ3) is 6.87. The quantitative estimate of drug-likeness (QED) is 0.599. The molecule has 0 aromatic heterocycles. The van der Waals surface area contributed by atoms with E-state index in [1.54, 1.807) is 32.0 Å². The van der Waals surface area contributed by atoms with Crippen LogP contribution in [0.3, 0.4) is 0 Å². The molecule has 2 rings (SSSR count). The normalized spacial score (nSPS) is 13.3. The van der Waals surface area contributed by atoms with E-state index in [1.807, 2.05) is 0 Å². The number of sulfonamides is 1. The predicted octanol–water partition coefficient (Wildman–Crippen LogP) is 2.33. The molecule has 2 aromatic rings. The van der Waals surface area contributed by atoms with Gasteiger partial charge in [-0.05, 0) is 42.3 Å². The molecule has 0 radical (unpaired) electrons. The highest BCUT2D eigenvalue weighted by atomic mass is 35.5. The minimum Gasteiger partial charge on any atom is -0.352 e. The first-order chi connectivity index (χ1) is 12.7. The number of hydrogen-bond donors (Lipinski definition) is 3. The molecular weight excluding hydrogens is 405 g/mol. The molecule has 1 amide bonds. The molecule has 0 bridgehead atoms. The molecule has 0 aliphatic heterocycles. The van der Waals surface area contributed by atoms with Gasteiger partial charge in [-0.3, -0.25) is 4.79 Å². The first kappa shape index (κ1) is 24.0. The van der Waals surface area contributed by atoms with Crippen LogP contribution in [0.4, 0.5) is 4.39 Å². The van der Waals surface area contributed by atoms with E-state index in [1.165, 1.54) is 30.3 Å². The number of nitrogens with two attached hydrogens (primary N) is 1. The van der Waals surface area contributed by atoms with Gasteiger partial charge in [0.1, 0.15) is 5.82 Å². The van der Waals surface area contributed by atoms with Gasteiger partial charge in [0.15, 0.2) is 0 Å². The van der Waals surface area contributed by atoms with Crippen LogP contribution in [-0.4, -0.2) is 20.4 Å². The van der Waals surface area contributed by atoms with E-state index >= 15 is 0 Å². The van der Waals surface area contributed by atoms with Crippen molar-refractivity contribution in [3.63, 3.8) is 0 Å². The highest BCUT2D eigenvalue weighted by Crippen LogP contribution is 2.13. The van der Waals surface area contributed by atoms with Gasteiger partial charge >= 0.3 is 0 Å². The SMILES string of the molecule is CC(N)C(C)C(=O)NCc1cccc(S(=O)(=O)NCc2cccc(F)c2)c1.Cl. The predicted molar refractivity (Wildman–Crippen MR) is 109 cm³/mol. The molecule has 0 fully saturated rings. The second-order valence-corrected chi connectivity index (χ2v) is 8.23. The Morgan fingerprint density at radius 2 is 1.68 bits per heavy atom. The molecule has 4 N–H and O–H groups in total. The molecule has 0 heterocycles. The summed E-state index contributed by atoms with van der Waals surface area (Å²) in [5.74, 6) is -0.960. The average molecular weight is 430 g/mol. The first-order valence-electron chi connectivity index (χ1n) is 8.55. The minimum absolute atomic E-state index is 0. The van der Waals surface area contributed by atoms with Crippen LogP contribution < -0.4 is 15.8 Å². The molecule has 9 heteroatoms. The maximum absolute atomic E-state index is 13.2. The molecule has 154 valence electrons. The lowest BCUT2D eigenvalue weighted by Gasteiger charge is -2.15.